The third kappa shape index (κ3) is 3.77. The van der Waals surface area contributed by atoms with Crippen LogP contribution in [0.2, 0.25) is 10.0 Å². The lowest BCUT2D eigenvalue weighted by atomic mass is 10.1. The van der Waals surface area contributed by atoms with Crippen LogP contribution in [0.4, 0.5) is 0 Å². The predicted molar refractivity (Wildman–Crippen MR) is 84.1 cm³/mol. The second kappa shape index (κ2) is 6.50. The molecular weight excluding hydrogens is 311 g/mol. The van der Waals surface area contributed by atoms with Crippen molar-refractivity contribution < 1.29 is 9.90 Å². The summed E-state index contributed by atoms with van der Waals surface area (Å²) in [5, 5.41) is 14.6. The number of benzene rings is 1. The molecule has 0 saturated heterocycles. The number of carbonyl (C=O) groups is 1. The van der Waals surface area contributed by atoms with Gasteiger partial charge in [0.05, 0.1) is 5.02 Å². The van der Waals surface area contributed by atoms with Gasteiger partial charge in [0.25, 0.3) is 0 Å². The molecule has 0 fully saturated rings. The molecule has 0 saturated carbocycles. The lowest BCUT2D eigenvalue weighted by Crippen LogP contribution is -2.02. The molecule has 0 amide bonds. The standard InChI is InChI=1S/C15H16Cl2N2O2/c1-9(2)5-6-19-8-12(15(20)21)14(18-19)11-7-10(16)3-4-13(11)17/h3-4,7-9H,5-6H2,1-2H3,(H,20,21). The third-order valence-corrected chi connectivity index (χ3v) is 3.68. The van der Waals surface area contributed by atoms with Gasteiger partial charge in [-0.3, -0.25) is 4.68 Å². The summed E-state index contributed by atoms with van der Waals surface area (Å²) in [7, 11) is 0. The molecule has 0 aliphatic rings. The minimum absolute atomic E-state index is 0.128. The number of halogens is 2. The molecule has 4 nitrogen and oxygen atoms in total. The molecule has 0 radical (unpaired) electrons. The van der Waals surface area contributed by atoms with Gasteiger partial charge in [0, 0.05) is 23.3 Å². The SMILES string of the molecule is CC(C)CCn1cc(C(=O)O)c(-c2cc(Cl)ccc2Cl)n1. The van der Waals surface area contributed by atoms with Gasteiger partial charge in [-0.05, 0) is 30.5 Å². The van der Waals surface area contributed by atoms with Gasteiger partial charge in [0.2, 0.25) is 0 Å². The van der Waals surface area contributed by atoms with E-state index in [0.29, 0.717) is 33.8 Å². The van der Waals surface area contributed by atoms with Gasteiger partial charge >= 0.3 is 5.97 Å². The number of aromatic nitrogens is 2. The van der Waals surface area contributed by atoms with Gasteiger partial charge in [-0.15, -0.1) is 0 Å². The van der Waals surface area contributed by atoms with Crippen molar-refractivity contribution in [2.24, 2.45) is 5.92 Å². The normalized spacial score (nSPS) is 11.1. The van der Waals surface area contributed by atoms with Crippen LogP contribution in [-0.2, 0) is 6.54 Å². The maximum Gasteiger partial charge on any atom is 0.339 e. The highest BCUT2D eigenvalue weighted by Crippen LogP contribution is 2.32. The number of hydrogen-bond acceptors (Lipinski definition) is 2. The van der Waals surface area contributed by atoms with E-state index >= 15 is 0 Å². The van der Waals surface area contributed by atoms with Crippen LogP contribution in [0.25, 0.3) is 11.3 Å². The van der Waals surface area contributed by atoms with Crippen molar-refractivity contribution in [2.45, 2.75) is 26.8 Å². The first-order chi connectivity index (χ1) is 9.88. The summed E-state index contributed by atoms with van der Waals surface area (Å²) >= 11 is 12.1. The lowest BCUT2D eigenvalue weighted by molar-refractivity contribution is 0.0697. The molecule has 1 heterocycles. The van der Waals surface area contributed by atoms with E-state index in [9.17, 15) is 9.90 Å². The zero-order chi connectivity index (χ0) is 15.6. The van der Waals surface area contributed by atoms with Crippen molar-refractivity contribution in [3.05, 3.63) is 40.0 Å². The van der Waals surface area contributed by atoms with Crippen LogP contribution in [0.1, 0.15) is 30.6 Å². The molecule has 0 spiro atoms. The van der Waals surface area contributed by atoms with E-state index in [-0.39, 0.29) is 5.56 Å². The van der Waals surface area contributed by atoms with E-state index in [0.717, 1.165) is 6.42 Å². The molecule has 0 aliphatic heterocycles. The molecule has 0 aliphatic carbocycles. The summed E-state index contributed by atoms with van der Waals surface area (Å²) in [6.45, 7) is 4.88. The summed E-state index contributed by atoms with van der Waals surface area (Å²) in [6, 6.07) is 4.92. The van der Waals surface area contributed by atoms with E-state index in [2.05, 4.69) is 18.9 Å². The van der Waals surface area contributed by atoms with E-state index in [1.807, 2.05) is 0 Å². The quantitative estimate of drug-likeness (QED) is 0.873. The van der Waals surface area contributed by atoms with Crippen LogP contribution in [0.15, 0.2) is 24.4 Å². The van der Waals surface area contributed by atoms with E-state index in [1.54, 1.807) is 22.9 Å². The summed E-state index contributed by atoms with van der Waals surface area (Å²) in [5.74, 6) is -0.516. The fraction of sp³-hybridized carbons (Fsp3) is 0.333. The summed E-state index contributed by atoms with van der Waals surface area (Å²) in [6.07, 6.45) is 2.46. The number of carboxylic acid groups (broad SMARTS) is 1. The number of aromatic carboxylic acids is 1. The Labute approximate surface area is 133 Å². The maximum absolute atomic E-state index is 11.4. The van der Waals surface area contributed by atoms with Crippen molar-refractivity contribution >= 4 is 29.2 Å². The zero-order valence-corrected chi connectivity index (χ0v) is 13.3. The molecule has 6 heteroatoms. The maximum atomic E-state index is 11.4. The van der Waals surface area contributed by atoms with Crippen LogP contribution < -0.4 is 0 Å². The second-order valence-electron chi connectivity index (χ2n) is 5.27. The monoisotopic (exact) mass is 326 g/mol. The largest absolute Gasteiger partial charge is 0.478 e. The highest BCUT2D eigenvalue weighted by atomic mass is 35.5. The molecule has 21 heavy (non-hydrogen) atoms. The Kier molecular flexibility index (Phi) is 4.91. The Morgan fingerprint density at radius 3 is 2.71 bits per heavy atom. The molecule has 2 aromatic rings. The molecular formula is C15H16Cl2N2O2. The van der Waals surface area contributed by atoms with Gasteiger partial charge in [0.1, 0.15) is 11.3 Å². The molecule has 0 bridgehead atoms. The number of carboxylic acids is 1. The highest BCUT2D eigenvalue weighted by Gasteiger charge is 2.19. The van der Waals surface area contributed by atoms with Crippen molar-refractivity contribution in [2.75, 3.05) is 0 Å². The van der Waals surface area contributed by atoms with Gasteiger partial charge in [-0.25, -0.2) is 4.79 Å². The van der Waals surface area contributed by atoms with E-state index < -0.39 is 5.97 Å². The van der Waals surface area contributed by atoms with Gasteiger partial charge < -0.3 is 5.11 Å². The number of nitrogens with zero attached hydrogens (tertiary/aromatic N) is 2. The van der Waals surface area contributed by atoms with Crippen LogP contribution in [0.3, 0.4) is 0 Å². The first-order valence-corrected chi connectivity index (χ1v) is 7.40. The predicted octanol–water partition coefficient (Wildman–Crippen LogP) is 4.60. The Bertz CT molecular complexity index is 666. The van der Waals surface area contributed by atoms with Crippen LogP contribution in [0.5, 0.6) is 0 Å². The molecule has 112 valence electrons. The molecule has 2 rings (SSSR count). The molecule has 0 atom stereocenters. The first-order valence-electron chi connectivity index (χ1n) is 6.64. The number of hydrogen-bond donors (Lipinski definition) is 1. The third-order valence-electron chi connectivity index (χ3n) is 3.11. The average Bonchev–Trinajstić information content (AvgIpc) is 2.83. The smallest absolute Gasteiger partial charge is 0.339 e. The van der Waals surface area contributed by atoms with Crippen LogP contribution in [0, 0.1) is 5.92 Å². The van der Waals surface area contributed by atoms with Gasteiger partial charge in [-0.2, -0.15) is 5.10 Å². The topological polar surface area (TPSA) is 55.1 Å². The Hall–Kier alpha value is -1.52. The molecule has 0 unspecified atom stereocenters. The van der Waals surface area contributed by atoms with Crippen molar-refractivity contribution in [3.63, 3.8) is 0 Å². The van der Waals surface area contributed by atoms with E-state index in [4.69, 9.17) is 23.2 Å². The molecule has 1 aromatic heterocycles. The summed E-state index contributed by atoms with van der Waals surface area (Å²) < 4.78 is 1.65. The molecule has 1 aromatic carbocycles. The van der Waals surface area contributed by atoms with E-state index in [1.165, 1.54) is 6.20 Å². The highest BCUT2D eigenvalue weighted by molar-refractivity contribution is 6.35. The average molecular weight is 327 g/mol. The Morgan fingerprint density at radius 1 is 1.38 bits per heavy atom. The first kappa shape index (κ1) is 15.9. The Morgan fingerprint density at radius 2 is 2.10 bits per heavy atom. The van der Waals surface area contributed by atoms with Gasteiger partial charge in [-0.1, -0.05) is 37.0 Å². The Balaban J connectivity index is 2.46. The lowest BCUT2D eigenvalue weighted by Gasteiger charge is -2.05. The van der Waals surface area contributed by atoms with Gasteiger partial charge in [0.15, 0.2) is 0 Å². The van der Waals surface area contributed by atoms with Crippen molar-refractivity contribution in [3.8, 4) is 11.3 Å². The minimum Gasteiger partial charge on any atom is -0.478 e. The zero-order valence-electron chi connectivity index (χ0n) is 11.8. The fourth-order valence-electron chi connectivity index (χ4n) is 1.96. The minimum atomic E-state index is -1.03. The second-order valence-corrected chi connectivity index (χ2v) is 6.11. The van der Waals surface area contributed by atoms with Crippen LogP contribution >= 0.6 is 23.2 Å². The fourth-order valence-corrected chi connectivity index (χ4v) is 2.34. The molecule has 1 N–H and O–H groups in total. The number of rotatable bonds is 5. The van der Waals surface area contributed by atoms with Crippen LogP contribution in [-0.4, -0.2) is 20.9 Å². The number of aryl methyl sites for hydroxylation is 1. The van der Waals surface area contributed by atoms with Crippen molar-refractivity contribution in [1.29, 1.82) is 0 Å². The summed E-state index contributed by atoms with van der Waals surface area (Å²) in [4.78, 5) is 11.4. The van der Waals surface area contributed by atoms with Crippen molar-refractivity contribution in [1.82, 2.24) is 9.78 Å². The summed E-state index contributed by atoms with van der Waals surface area (Å²) in [5.41, 5.74) is 1.01.